The summed E-state index contributed by atoms with van der Waals surface area (Å²) in [6.45, 7) is 3.15. The Labute approximate surface area is 101 Å². The van der Waals surface area contributed by atoms with E-state index in [9.17, 15) is 0 Å². The molecule has 0 heterocycles. The minimum absolute atomic E-state index is 0.415. The molecule has 0 aromatic carbocycles. The molecule has 16 heavy (non-hydrogen) atoms. The van der Waals surface area contributed by atoms with Gasteiger partial charge in [0.25, 0.3) is 0 Å². The minimum Gasteiger partial charge on any atom is -0.385 e. The predicted octanol–water partition coefficient (Wildman–Crippen LogP) is 3.35. The third-order valence-corrected chi connectivity index (χ3v) is 4.08. The van der Waals surface area contributed by atoms with Crippen molar-refractivity contribution in [3.05, 3.63) is 0 Å². The van der Waals surface area contributed by atoms with Crippen LogP contribution in [-0.2, 0) is 4.74 Å². The van der Waals surface area contributed by atoms with Crippen LogP contribution in [0.1, 0.15) is 58.3 Å². The van der Waals surface area contributed by atoms with Crippen molar-refractivity contribution in [3.63, 3.8) is 0 Å². The second-order valence-electron chi connectivity index (χ2n) is 5.37. The molecular formula is C14H29NO. The smallest absolute Gasteiger partial charge is 0.0462 e. The third kappa shape index (κ3) is 4.84. The van der Waals surface area contributed by atoms with E-state index < -0.39 is 0 Å². The van der Waals surface area contributed by atoms with E-state index in [1.54, 1.807) is 7.11 Å². The summed E-state index contributed by atoms with van der Waals surface area (Å²) in [7, 11) is 1.77. The van der Waals surface area contributed by atoms with E-state index in [4.69, 9.17) is 10.5 Å². The molecule has 0 bridgehead atoms. The maximum atomic E-state index is 6.25. The molecule has 2 nitrogen and oxygen atoms in total. The van der Waals surface area contributed by atoms with Gasteiger partial charge in [-0.05, 0) is 37.5 Å². The third-order valence-electron chi connectivity index (χ3n) is 4.08. The largest absolute Gasteiger partial charge is 0.385 e. The Morgan fingerprint density at radius 2 is 1.94 bits per heavy atom. The minimum atomic E-state index is 0.415. The SMILES string of the molecule is CCCC1CCC(C(N)CCCOC)CC1. The second kappa shape index (κ2) is 8.08. The maximum absolute atomic E-state index is 6.25. The van der Waals surface area contributed by atoms with Gasteiger partial charge in [0.15, 0.2) is 0 Å². The van der Waals surface area contributed by atoms with E-state index in [1.807, 2.05) is 0 Å². The van der Waals surface area contributed by atoms with Crippen molar-refractivity contribution in [3.8, 4) is 0 Å². The summed E-state index contributed by atoms with van der Waals surface area (Å²) in [5.41, 5.74) is 6.25. The van der Waals surface area contributed by atoms with Gasteiger partial charge >= 0.3 is 0 Å². The Balaban J connectivity index is 2.14. The van der Waals surface area contributed by atoms with Crippen molar-refractivity contribution in [2.24, 2.45) is 17.6 Å². The van der Waals surface area contributed by atoms with Crippen molar-refractivity contribution < 1.29 is 4.74 Å². The summed E-state index contributed by atoms with van der Waals surface area (Å²) >= 11 is 0. The number of rotatable bonds is 7. The summed E-state index contributed by atoms with van der Waals surface area (Å²) in [4.78, 5) is 0. The van der Waals surface area contributed by atoms with E-state index in [-0.39, 0.29) is 0 Å². The number of ether oxygens (including phenoxy) is 1. The van der Waals surface area contributed by atoms with Crippen LogP contribution in [-0.4, -0.2) is 19.8 Å². The van der Waals surface area contributed by atoms with Gasteiger partial charge in [0.2, 0.25) is 0 Å². The highest BCUT2D eigenvalue weighted by Gasteiger charge is 2.24. The van der Waals surface area contributed by atoms with E-state index in [0.29, 0.717) is 6.04 Å². The zero-order valence-electron chi connectivity index (χ0n) is 11.1. The van der Waals surface area contributed by atoms with Gasteiger partial charge in [-0.15, -0.1) is 0 Å². The second-order valence-corrected chi connectivity index (χ2v) is 5.37. The lowest BCUT2D eigenvalue weighted by molar-refractivity contribution is 0.178. The maximum Gasteiger partial charge on any atom is 0.0462 e. The van der Waals surface area contributed by atoms with Gasteiger partial charge in [0, 0.05) is 19.8 Å². The molecular weight excluding hydrogens is 198 g/mol. The highest BCUT2D eigenvalue weighted by Crippen LogP contribution is 2.33. The molecule has 2 N–H and O–H groups in total. The van der Waals surface area contributed by atoms with Crippen molar-refractivity contribution in [1.29, 1.82) is 0 Å². The molecule has 2 heteroatoms. The molecule has 1 aliphatic rings. The Bertz CT molecular complexity index is 164. The molecule has 0 radical (unpaired) electrons. The highest BCUT2D eigenvalue weighted by atomic mass is 16.5. The molecule has 0 saturated heterocycles. The van der Waals surface area contributed by atoms with Crippen LogP contribution in [0, 0.1) is 11.8 Å². The van der Waals surface area contributed by atoms with E-state index in [1.165, 1.54) is 38.5 Å². The number of hydrogen-bond acceptors (Lipinski definition) is 2. The first-order chi connectivity index (χ1) is 7.77. The number of methoxy groups -OCH3 is 1. The van der Waals surface area contributed by atoms with Crippen LogP contribution >= 0.6 is 0 Å². The van der Waals surface area contributed by atoms with Crippen LogP contribution in [0.2, 0.25) is 0 Å². The van der Waals surface area contributed by atoms with Crippen molar-refractivity contribution in [1.82, 2.24) is 0 Å². The van der Waals surface area contributed by atoms with E-state index in [0.717, 1.165) is 31.3 Å². The lowest BCUT2D eigenvalue weighted by Gasteiger charge is -2.32. The first-order valence-corrected chi connectivity index (χ1v) is 7.02. The fourth-order valence-electron chi connectivity index (χ4n) is 3.01. The molecule has 1 saturated carbocycles. The summed E-state index contributed by atoms with van der Waals surface area (Å²) in [5, 5.41) is 0. The van der Waals surface area contributed by atoms with E-state index >= 15 is 0 Å². The van der Waals surface area contributed by atoms with Gasteiger partial charge in [0.1, 0.15) is 0 Å². The summed E-state index contributed by atoms with van der Waals surface area (Å²) < 4.78 is 5.07. The zero-order chi connectivity index (χ0) is 11.8. The summed E-state index contributed by atoms with van der Waals surface area (Å²) in [6.07, 6.45) is 10.6. The number of hydrogen-bond donors (Lipinski definition) is 1. The van der Waals surface area contributed by atoms with Gasteiger partial charge < -0.3 is 10.5 Å². The Hall–Kier alpha value is -0.0800. The van der Waals surface area contributed by atoms with E-state index in [2.05, 4.69) is 6.92 Å². The lowest BCUT2D eigenvalue weighted by Crippen LogP contribution is -2.33. The van der Waals surface area contributed by atoms with Gasteiger partial charge in [0.05, 0.1) is 0 Å². The van der Waals surface area contributed by atoms with Gasteiger partial charge in [-0.2, -0.15) is 0 Å². The quantitative estimate of drug-likeness (QED) is 0.677. The summed E-state index contributed by atoms with van der Waals surface area (Å²) in [6, 6.07) is 0.415. The fourth-order valence-corrected chi connectivity index (χ4v) is 3.01. The molecule has 96 valence electrons. The molecule has 1 fully saturated rings. The summed E-state index contributed by atoms with van der Waals surface area (Å²) in [5.74, 6) is 1.78. The molecule has 1 rings (SSSR count). The Kier molecular flexibility index (Phi) is 7.06. The van der Waals surface area contributed by atoms with Crippen LogP contribution < -0.4 is 5.73 Å². The molecule has 1 aliphatic carbocycles. The first kappa shape index (κ1) is 14.0. The standard InChI is InChI=1S/C14H29NO/c1-3-5-12-7-9-13(10-8-12)14(15)6-4-11-16-2/h12-14H,3-11,15H2,1-2H3. The van der Waals surface area contributed by atoms with Crippen LogP contribution in [0.5, 0.6) is 0 Å². The van der Waals surface area contributed by atoms with Crippen LogP contribution in [0.15, 0.2) is 0 Å². The fraction of sp³-hybridized carbons (Fsp3) is 1.00. The molecule has 1 unspecified atom stereocenters. The average molecular weight is 227 g/mol. The van der Waals surface area contributed by atoms with Crippen LogP contribution in [0.4, 0.5) is 0 Å². The number of nitrogens with two attached hydrogens (primary N) is 1. The zero-order valence-corrected chi connectivity index (χ0v) is 11.1. The molecule has 0 amide bonds. The molecule has 0 aromatic heterocycles. The Morgan fingerprint density at radius 3 is 2.50 bits per heavy atom. The lowest BCUT2D eigenvalue weighted by atomic mass is 9.76. The first-order valence-electron chi connectivity index (χ1n) is 7.02. The van der Waals surface area contributed by atoms with Crippen molar-refractivity contribution in [2.45, 2.75) is 64.3 Å². The predicted molar refractivity (Wildman–Crippen MR) is 69.4 cm³/mol. The van der Waals surface area contributed by atoms with Crippen LogP contribution in [0.25, 0.3) is 0 Å². The molecule has 0 aliphatic heterocycles. The van der Waals surface area contributed by atoms with Gasteiger partial charge in [-0.1, -0.05) is 32.6 Å². The molecule has 0 spiro atoms. The molecule has 0 aromatic rings. The van der Waals surface area contributed by atoms with Gasteiger partial charge in [-0.3, -0.25) is 0 Å². The molecule has 1 atom stereocenters. The van der Waals surface area contributed by atoms with Crippen molar-refractivity contribution >= 4 is 0 Å². The Morgan fingerprint density at radius 1 is 1.25 bits per heavy atom. The van der Waals surface area contributed by atoms with Crippen molar-refractivity contribution in [2.75, 3.05) is 13.7 Å². The van der Waals surface area contributed by atoms with Gasteiger partial charge in [-0.25, -0.2) is 0 Å². The topological polar surface area (TPSA) is 35.2 Å². The normalized spacial score (nSPS) is 27.9. The highest BCUT2D eigenvalue weighted by molar-refractivity contribution is 4.79. The van der Waals surface area contributed by atoms with Crippen LogP contribution in [0.3, 0.4) is 0 Å². The average Bonchev–Trinajstić information content (AvgIpc) is 2.30. The monoisotopic (exact) mass is 227 g/mol.